The van der Waals surface area contributed by atoms with Crippen molar-refractivity contribution in [3.63, 3.8) is 0 Å². The summed E-state index contributed by atoms with van der Waals surface area (Å²) >= 11 is 0. The van der Waals surface area contributed by atoms with Crippen LogP contribution in [-0.2, 0) is 0 Å². The molecule has 1 aliphatic carbocycles. The zero-order chi connectivity index (χ0) is 24.3. The Balaban J connectivity index is 1.46. The summed E-state index contributed by atoms with van der Waals surface area (Å²) in [5.41, 5.74) is 3.68. The number of alkyl halides is 2. The lowest BCUT2D eigenvalue weighted by Gasteiger charge is -2.28. The number of nitriles is 1. The SMILES string of the molecule is Cc1cnc(Nc2cnn(C3CCC(F)(F)CC3)c2)nc1-c1ccc(C(=O)C[C@@H](C)C#N)cc1. The standard InChI is InChI=1S/C25H26F2N6O/c1-16(12-28)11-22(34)18-3-5-19(6-4-18)23-17(2)13-29-24(32-23)31-20-14-30-33(15-20)21-7-9-25(26,27)10-8-21/h3-6,13-16,21H,7-11H2,1-2H3,(H,29,31,32)/t16-/m1/s1. The first-order valence-corrected chi connectivity index (χ1v) is 11.3. The van der Waals surface area contributed by atoms with Gasteiger partial charge in [-0.05, 0) is 32.3 Å². The number of benzene rings is 1. The fraction of sp³-hybridized carbons (Fsp3) is 0.400. The molecule has 0 unspecified atom stereocenters. The van der Waals surface area contributed by atoms with Crippen molar-refractivity contribution in [1.29, 1.82) is 5.26 Å². The lowest BCUT2D eigenvalue weighted by Crippen LogP contribution is -2.26. The lowest BCUT2D eigenvalue weighted by molar-refractivity contribution is -0.0449. The van der Waals surface area contributed by atoms with Crippen molar-refractivity contribution in [1.82, 2.24) is 19.7 Å². The second kappa shape index (κ2) is 9.67. The summed E-state index contributed by atoms with van der Waals surface area (Å²) in [6, 6.07) is 9.19. The van der Waals surface area contributed by atoms with E-state index in [2.05, 4.69) is 26.5 Å². The van der Waals surface area contributed by atoms with Gasteiger partial charge >= 0.3 is 0 Å². The Bertz CT molecular complexity index is 1200. The van der Waals surface area contributed by atoms with Gasteiger partial charge < -0.3 is 5.32 Å². The van der Waals surface area contributed by atoms with Crippen LogP contribution in [0.4, 0.5) is 20.4 Å². The van der Waals surface area contributed by atoms with E-state index >= 15 is 0 Å². The molecule has 7 nitrogen and oxygen atoms in total. The molecule has 1 atom stereocenters. The smallest absolute Gasteiger partial charge is 0.248 e. The monoisotopic (exact) mass is 464 g/mol. The van der Waals surface area contributed by atoms with Gasteiger partial charge in [-0.3, -0.25) is 9.48 Å². The predicted octanol–water partition coefficient (Wildman–Crippen LogP) is 5.88. The molecule has 1 N–H and O–H groups in total. The molecule has 2 aromatic heterocycles. The number of Topliss-reactive ketones (excluding diaryl/α,β-unsaturated/α-hetero) is 1. The van der Waals surface area contributed by atoms with Crippen LogP contribution >= 0.6 is 0 Å². The van der Waals surface area contributed by atoms with E-state index in [-0.39, 0.29) is 37.0 Å². The predicted molar refractivity (Wildman–Crippen MR) is 124 cm³/mol. The van der Waals surface area contributed by atoms with E-state index in [0.717, 1.165) is 16.8 Å². The molecule has 34 heavy (non-hydrogen) atoms. The highest BCUT2D eigenvalue weighted by atomic mass is 19.3. The number of nitrogens with one attached hydrogen (secondary N) is 1. The summed E-state index contributed by atoms with van der Waals surface area (Å²) in [6.07, 6.45) is 5.89. The van der Waals surface area contributed by atoms with Gasteiger partial charge in [0.15, 0.2) is 5.78 Å². The van der Waals surface area contributed by atoms with Crippen LogP contribution in [-0.4, -0.2) is 31.5 Å². The summed E-state index contributed by atoms with van der Waals surface area (Å²) in [4.78, 5) is 21.3. The zero-order valence-electron chi connectivity index (χ0n) is 19.1. The van der Waals surface area contributed by atoms with Crippen molar-refractivity contribution in [2.24, 2.45) is 5.92 Å². The molecule has 3 aromatic rings. The first kappa shape index (κ1) is 23.5. The minimum atomic E-state index is -2.57. The molecule has 9 heteroatoms. The Morgan fingerprint density at radius 3 is 2.65 bits per heavy atom. The summed E-state index contributed by atoms with van der Waals surface area (Å²) in [7, 11) is 0. The van der Waals surface area contributed by atoms with E-state index in [9.17, 15) is 13.6 Å². The van der Waals surface area contributed by atoms with Gasteiger partial charge in [0.2, 0.25) is 11.9 Å². The summed E-state index contributed by atoms with van der Waals surface area (Å²) in [6.45, 7) is 3.63. The number of rotatable bonds is 7. The van der Waals surface area contributed by atoms with Gasteiger partial charge in [-0.25, -0.2) is 18.7 Å². The number of anilines is 2. The Labute approximate surface area is 196 Å². The Morgan fingerprint density at radius 1 is 1.26 bits per heavy atom. The van der Waals surface area contributed by atoms with E-state index in [0.29, 0.717) is 30.0 Å². The minimum Gasteiger partial charge on any atom is -0.321 e. The van der Waals surface area contributed by atoms with Gasteiger partial charge in [0.25, 0.3) is 0 Å². The highest BCUT2D eigenvalue weighted by Crippen LogP contribution is 2.38. The number of hydrogen-bond donors (Lipinski definition) is 1. The fourth-order valence-corrected chi connectivity index (χ4v) is 4.07. The molecule has 0 bridgehead atoms. The van der Waals surface area contributed by atoms with E-state index < -0.39 is 5.92 Å². The van der Waals surface area contributed by atoms with Crippen molar-refractivity contribution in [3.05, 3.63) is 54.0 Å². The van der Waals surface area contributed by atoms with E-state index in [1.165, 1.54) is 0 Å². The molecule has 1 aromatic carbocycles. The summed E-state index contributed by atoms with van der Waals surface area (Å²) in [5, 5.41) is 16.4. The number of aromatic nitrogens is 4. The van der Waals surface area contributed by atoms with Crippen LogP contribution in [0.1, 0.15) is 61.0 Å². The molecule has 4 rings (SSSR count). The molecule has 0 saturated heterocycles. The zero-order valence-corrected chi connectivity index (χ0v) is 19.1. The van der Waals surface area contributed by atoms with Crippen molar-refractivity contribution >= 4 is 17.4 Å². The number of carbonyl (C=O) groups excluding carboxylic acids is 1. The number of hydrogen-bond acceptors (Lipinski definition) is 6. The van der Waals surface area contributed by atoms with Crippen molar-refractivity contribution < 1.29 is 13.6 Å². The molecule has 0 radical (unpaired) electrons. The number of carbonyl (C=O) groups is 1. The van der Waals surface area contributed by atoms with Crippen molar-refractivity contribution in [2.75, 3.05) is 5.32 Å². The molecule has 1 saturated carbocycles. The first-order valence-electron chi connectivity index (χ1n) is 11.3. The van der Waals surface area contributed by atoms with Gasteiger partial charge in [0, 0.05) is 42.8 Å². The normalized spacial score (nSPS) is 16.6. The van der Waals surface area contributed by atoms with Gasteiger partial charge in [0.1, 0.15) is 0 Å². The van der Waals surface area contributed by atoms with Gasteiger partial charge in [-0.1, -0.05) is 24.3 Å². The van der Waals surface area contributed by atoms with E-state index in [1.54, 1.807) is 42.3 Å². The summed E-state index contributed by atoms with van der Waals surface area (Å²) < 4.78 is 28.6. The number of ketones is 1. The third-order valence-corrected chi connectivity index (χ3v) is 6.08. The largest absolute Gasteiger partial charge is 0.321 e. The van der Waals surface area contributed by atoms with E-state index in [1.807, 2.05) is 19.1 Å². The van der Waals surface area contributed by atoms with Crippen LogP contribution in [0.25, 0.3) is 11.3 Å². The molecule has 2 heterocycles. The van der Waals surface area contributed by atoms with Gasteiger partial charge in [-0.15, -0.1) is 0 Å². The molecule has 0 amide bonds. The number of halogens is 2. The second-order valence-corrected chi connectivity index (χ2v) is 8.88. The van der Waals surface area contributed by atoms with Crippen LogP contribution in [0.2, 0.25) is 0 Å². The first-order chi connectivity index (χ1) is 16.2. The second-order valence-electron chi connectivity index (χ2n) is 8.88. The van der Waals surface area contributed by atoms with Crippen LogP contribution in [0.5, 0.6) is 0 Å². The molecule has 0 spiro atoms. The topological polar surface area (TPSA) is 96.5 Å². The van der Waals surface area contributed by atoms with Crippen molar-refractivity contribution in [3.8, 4) is 17.3 Å². The maximum Gasteiger partial charge on any atom is 0.248 e. The van der Waals surface area contributed by atoms with Gasteiger partial charge in [0.05, 0.1) is 35.6 Å². The summed E-state index contributed by atoms with van der Waals surface area (Å²) in [5.74, 6) is -2.58. The van der Waals surface area contributed by atoms with Crippen LogP contribution < -0.4 is 5.32 Å². The molecular formula is C25H26F2N6O. The molecule has 176 valence electrons. The fourth-order valence-electron chi connectivity index (χ4n) is 4.07. The highest BCUT2D eigenvalue weighted by molar-refractivity contribution is 5.96. The Hall–Kier alpha value is -3.67. The molecular weight excluding hydrogens is 438 g/mol. The average molecular weight is 465 g/mol. The van der Waals surface area contributed by atoms with Crippen LogP contribution in [0, 0.1) is 24.2 Å². The lowest BCUT2D eigenvalue weighted by atomic mass is 9.92. The van der Waals surface area contributed by atoms with Crippen LogP contribution in [0.15, 0.2) is 42.9 Å². The maximum atomic E-state index is 13.4. The van der Waals surface area contributed by atoms with Gasteiger partial charge in [-0.2, -0.15) is 10.4 Å². The average Bonchev–Trinajstić information content (AvgIpc) is 3.28. The minimum absolute atomic E-state index is 0.0398. The Morgan fingerprint density at radius 2 is 1.97 bits per heavy atom. The Kier molecular flexibility index (Phi) is 6.68. The third-order valence-electron chi connectivity index (χ3n) is 6.08. The van der Waals surface area contributed by atoms with Crippen molar-refractivity contribution in [2.45, 2.75) is 57.9 Å². The molecule has 1 aliphatic rings. The maximum absolute atomic E-state index is 13.4. The molecule has 0 aliphatic heterocycles. The quantitative estimate of drug-likeness (QED) is 0.439. The van der Waals surface area contributed by atoms with Crippen LogP contribution in [0.3, 0.4) is 0 Å². The molecule has 1 fully saturated rings. The number of aryl methyl sites for hydroxylation is 1. The van der Waals surface area contributed by atoms with E-state index in [4.69, 9.17) is 5.26 Å². The highest BCUT2D eigenvalue weighted by Gasteiger charge is 2.35. The number of nitrogens with zero attached hydrogens (tertiary/aromatic N) is 5. The third kappa shape index (κ3) is 5.45.